The Labute approximate surface area is 68.8 Å². The van der Waals surface area contributed by atoms with Gasteiger partial charge < -0.3 is 10.4 Å². The number of halogens is 1. The third-order valence-corrected chi connectivity index (χ3v) is 1.16. The van der Waals surface area contributed by atoms with Gasteiger partial charge in [0.15, 0.2) is 0 Å². The molecule has 0 aromatic carbocycles. The summed E-state index contributed by atoms with van der Waals surface area (Å²) in [5.74, 6) is -1.95. The normalized spacial score (nSPS) is 10.9. The summed E-state index contributed by atoms with van der Waals surface area (Å²) >= 11 is 5.13. The van der Waals surface area contributed by atoms with Crippen LogP contribution in [0, 0.1) is 0 Å². The van der Waals surface area contributed by atoms with Gasteiger partial charge in [-0.3, -0.25) is 4.79 Å². The summed E-state index contributed by atoms with van der Waals surface area (Å²) < 4.78 is 0. The molecule has 2 N–H and O–H groups in total. The van der Waals surface area contributed by atoms with Gasteiger partial charge in [0.1, 0.15) is 11.6 Å². The van der Waals surface area contributed by atoms with E-state index in [-0.39, 0.29) is 11.6 Å². The minimum Gasteiger partial charge on any atom is -0.477 e. The molecule has 0 saturated heterocycles. The summed E-state index contributed by atoms with van der Waals surface area (Å²) in [5, 5.41) is 10.5. The molecule has 0 fully saturated rings. The van der Waals surface area contributed by atoms with Crippen LogP contribution < -0.4 is 5.32 Å². The van der Waals surface area contributed by atoms with Gasteiger partial charge in [0.05, 0.1) is 0 Å². The molecule has 0 unspecified atom stereocenters. The number of rotatable bonds is 3. The number of nitrogens with one attached hydrogen (secondary N) is 1. The van der Waals surface area contributed by atoms with Crippen molar-refractivity contribution in [2.75, 3.05) is 5.88 Å². The zero-order chi connectivity index (χ0) is 8.85. The van der Waals surface area contributed by atoms with Gasteiger partial charge in [-0.1, -0.05) is 6.08 Å². The number of aliphatic carboxylic acids is 1. The number of allylic oxidation sites excluding steroid dienone is 1. The van der Waals surface area contributed by atoms with Crippen LogP contribution in [0.25, 0.3) is 0 Å². The minimum atomic E-state index is -1.18. The predicted molar refractivity (Wildman–Crippen MR) is 40.3 cm³/mol. The van der Waals surface area contributed by atoms with Crippen molar-refractivity contribution < 1.29 is 14.7 Å². The molecule has 0 radical (unpaired) electrons. The molecule has 11 heavy (non-hydrogen) atoms. The second-order valence-electron chi connectivity index (χ2n) is 1.69. The van der Waals surface area contributed by atoms with Crippen molar-refractivity contribution in [1.29, 1.82) is 0 Å². The Morgan fingerprint density at radius 1 is 1.64 bits per heavy atom. The van der Waals surface area contributed by atoms with E-state index in [0.29, 0.717) is 0 Å². The van der Waals surface area contributed by atoms with E-state index in [1.807, 2.05) is 0 Å². The highest BCUT2D eigenvalue weighted by molar-refractivity contribution is 6.27. The van der Waals surface area contributed by atoms with Crippen LogP contribution in [0.15, 0.2) is 11.8 Å². The molecular formula is C6H8ClNO3. The number of carboxylic acid groups (broad SMARTS) is 1. The van der Waals surface area contributed by atoms with E-state index in [1.165, 1.54) is 13.0 Å². The predicted octanol–water partition coefficient (Wildman–Crippen LogP) is 0.330. The lowest BCUT2D eigenvalue weighted by Crippen LogP contribution is -2.27. The van der Waals surface area contributed by atoms with Gasteiger partial charge in [-0.2, -0.15) is 0 Å². The quantitative estimate of drug-likeness (QED) is 0.482. The fourth-order valence-electron chi connectivity index (χ4n) is 0.433. The maximum Gasteiger partial charge on any atom is 0.352 e. The summed E-state index contributed by atoms with van der Waals surface area (Å²) in [4.78, 5) is 20.8. The first-order chi connectivity index (χ1) is 5.11. The highest BCUT2D eigenvalue weighted by atomic mass is 35.5. The Bertz CT molecular complexity index is 200. The Kier molecular flexibility index (Phi) is 4.29. The smallest absolute Gasteiger partial charge is 0.352 e. The maximum absolute atomic E-state index is 10.5. The van der Waals surface area contributed by atoms with Crippen molar-refractivity contribution in [3.05, 3.63) is 11.8 Å². The maximum atomic E-state index is 10.5. The number of alkyl halides is 1. The fraction of sp³-hybridized carbons (Fsp3) is 0.333. The average Bonchev–Trinajstić information content (AvgIpc) is 1.99. The van der Waals surface area contributed by atoms with Gasteiger partial charge in [0.25, 0.3) is 0 Å². The van der Waals surface area contributed by atoms with E-state index >= 15 is 0 Å². The monoisotopic (exact) mass is 177 g/mol. The number of carboxylic acids is 1. The molecule has 0 atom stereocenters. The molecule has 0 bridgehead atoms. The summed E-state index contributed by atoms with van der Waals surface area (Å²) in [6.07, 6.45) is 1.28. The Morgan fingerprint density at radius 3 is 2.45 bits per heavy atom. The standard InChI is InChI=1S/C6H8ClNO3/c1-2-4(6(10)11)8-5(9)3-7/h2H,3H2,1H3,(H,8,9)(H,10,11)/b4-2-. The van der Waals surface area contributed by atoms with Gasteiger partial charge >= 0.3 is 5.97 Å². The number of carbonyl (C=O) groups is 2. The Balaban J connectivity index is 4.12. The second kappa shape index (κ2) is 4.73. The van der Waals surface area contributed by atoms with Crippen molar-refractivity contribution in [2.24, 2.45) is 0 Å². The topological polar surface area (TPSA) is 66.4 Å². The Morgan fingerprint density at radius 2 is 2.18 bits per heavy atom. The van der Waals surface area contributed by atoms with Crippen LogP contribution >= 0.6 is 11.6 Å². The van der Waals surface area contributed by atoms with Crippen LogP contribution in [0.4, 0.5) is 0 Å². The van der Waals surface area contributed by atoms with E-state index < -0.39 is 11.9 Å². The largest absolute Gasteiger partial charge is 0.477 e. The van der Waals surface area contributed by atoms with Crippen LogP contribution in [0.5, 0.6) is 0 Å². The van der Waals surface area contributed by atoms with E-state index in [1.54, 1.807) is 0 Å². The molecule has 0 rings (SSSR count). The first-order valence-electron chi connectivity index (χ1n) is 2.87. The van der Waals surface area contributed by atoms with E-state index in [0.717, 1.165) is 0 Å². The molecule has 0 aromatic rings. The molecule has 62 valence electrons. The zero-order valence-electron chi connectivity index (χ0n) is 5.93. The average molecular weight is 178 g/mol. The lowest BCUT2D eigenvalue weighted by molar-refractivity contribution is -0.134. The fourth-order valence-corrected chi connectivity index (χ4v) is 0.500. The van der Waals surface area contributed by atoms with Crippen LogP contribution in [0.3, 0.4) is 0 Å². The molecule has 1 amide bonds. The van der Waals surface area contributed by atoms with Crippen molar-refractivity contribution in [3.8, 4) is 0 Å². The molecular weight excluding hydrogens is 170 g/mol. The minimum absolute atomic E-state index is 0.157. The van der Waals surface area contributed by atoms with E-state index in [9.17, 15) is 9.59 Å². The summed E-state index contributed by atoms with van der Waals surface area (Å²) in [5.41, 5.74) is -0.157. The highest BCUT2D eigenvalue weighted by Crippen LogP contribution is 1.88. The third kappa shape index (κ3) is 3.62. The first-order valence-corrected chi connectivity index (χ1v) is 3.40. The van der Waals surface area contributed by atoms with Gasteiger partial charge in [-0.15, -0.1) is 11.6 Å². The lowest BCUT2D eigenvalue weighted by Gasteiger charge is -2.00. The summed E-state index contributed by atoms with van der Waals surface area (Å²) in [6.45, 7) is 1.51. The van der Waals surface area contributed by atoms with Crippen LogP contribution in [-0.4, -0.2) is 22.9 Å². The van der Waals surface area contributed by atoms with Gasteiger partial charge in [0, 0.05) is 0 Å². The molecule has 0 saturated carbocycles. The first kappa shape index (κ1) is 9.97. The molecule has 0 heterocycles. The molecule has 4 nitrogen and oxygen atoms in total. The van der Waals surface area contributed by atoms with Gasteiger partial charge in [-0.25, -0.2) is 4.79 Å². The van der Waals surface area contributed by atoms with Gasteiger partial charge in [0.2, 0.25) is 5.91 Å². The van der Waals surface area contributed by atoms with Crippen molar-refractivity contribution in [1.82, 2.24) is 5.32 Å². The summed E-state index contributed by atoms with van der Waals surface area (Å²) in [7, 11) is 0. The summed E-state index contributed by atoms with van der Waals surface area (Å²) in [6, 6.07) is 0. The molecule has 0 aliphatic rings. The number of hydrogen-bond donors (Lipinski definition) is 2. The second-order valence-corrected chi connectivity index (χ2v) is 1.96. The SMILES string of the molecule is C/C=C(\NC(=O)CCl)C(=O)O. The Hall–Kier alpha value is -1.03. The van der Waals surface area contributed by atoms with Crippen LogP contribution in [-0.2, 0) is 9.59 Å². The zero-order valence-corrected chi connectivity index (χ0v) is 6.68. The molecule has 0 aromatic heterocycles. The third-order valence-electron chi connectivity index (χ3n) is 0.915. The van der Waals surface area contributed by atoms with Crippen LogP contribution in [0.1, 0.15) is 6.92 Å². The number of amides is 1. The van der Waals surface area contributed by atoms with E-state index in [2.05, 4.69) is 5.32 Å². The van der Waals surface area contributed by atoms with Crippen molar-refractivity contribution in [3.63, 3.8) is 0 Å². The lowest BCUT2D eigenvalue weighted by atomic mass is 10.4. The molecule has 0 aliphatic carbocycles. The van der Waals surface area contributed by atoms with Crippen LogP contribution in [0.2, 0.25) is 0 Å². The molecule has 0 spiro atoms. The van der Waals surface area contributed by atoms with Crippen molar-refractivity contribution in [2.45, 2.75) is 6.92 Å². The molecule has 0 aliphatic heterocycles. The van der Waals surface area contributed by atoms with Crippen molar-refractivity contribution >= 4 is 23.5 Å². The van der Waals surface area contributed by atoms with Gasteiger partial charge in [-0.05, 0) is 6.92 Å². The highest BCUT2D eigenvalue weighted by Gasteiger charge is 2.08. The molecule has 5 heteroatoms. The number of hydrogen-bond acceptors (Lipinski definition) is 2. The number of carbonyl (C=O) groups excluding carboxylic acids is 1. The van der Waals surface area contributed by atoms with E-state index in [4.69, 9.17) is 16.7 Å².